The number of oxazole rings is 1. The van der Waals surface area contributed by atoms with Crippen LogP contribution in [0.1, 0.15) is 22.8 Å². The van der Waals surface area contributed by atoms with Gasteiger partial charge in [-0.15, -0.1) is 0 Å². The fourth-order valence-corrected chi connectivity index (χ4v) is 2.25. The number of nitrogens with zero attached hydrogens (tertiary/aromatic N) is 1. The molecule has 0 saturated carbocycles. The third kappa shape index (κ3) is 1.40. The fraction of sp³-hybridized carbons (Fsp3) is 0.250. The summed E-state index contributed by atoms with van der Waals surface area (Å²) in [6, 6.07) is 8.77. The minimum absolute atomic E-state index is 0.265. The van der Waals surface area contributed by atoms with Crippen molar-refractivity contribution in [3.8, 4) is 0 Å². The number of fused-ring (bicyclic) bond motifs is 1. The van der Waals surface area contributed by atoms with Crippen LogP contribution in [0.3, 0.4) is 0 Å². The molecule has 3 rings (SSSR count). The molecule has 3 heteroatoms. The molecule has 0 aliphatic heterocycles. The van der Waals surface area contributed by atoms with Crippen molar-refractivity contribution in [3.05, 3.63) is 47.3 Å². The van der Waals surface area contributed by atoms with E-state index in [0.29, 0.717) is 5.92 Å². The maximum Gasteiger partial charge on any atom is 0.292 e. The van der Waals surface area contributed by atoms with Gasteiger partial charge in [-0.1, -0.05) is 24.3 Å². The van der Waals surface area contributed by atoms with Crippen LogP contribution in [-0.4, -0.2) is 4.98 Å². The van der Waals surface area contributed by atoms with E-state index in [9.17, 15) is 0 Å². The number of hydrogen-bond donors (Lipinski definition) is 1. The summed E-state index contributed by atoms with van der Waals surface area (Å²) in [6.07, 6.45) is 3.81. The summed E-state index contributed by atoms with van der Waals surface area (Å²) >= 11 is 0. The Bertz CT molecular complexity index is 465. The quantitative estimate of drug-likeness (QED) is 0.767. The SMILES string of the molecule is Nc1ncc(C2Cc3ccccc3C2)o1. The Kier molecular flexibility index (Phi) is 1.78. The zero-order chi connectivity index (χ0) is 10.3. The number of rotatable bonds is 1. The van der Waals surface area contributed by atoms with Crippen LogP contribution in [-0.2, 0) is 12.8 Å². The first-order valence-electron chi connectivity index (χ1n) is 5.11. The van der Waals surface area contributed by atoms with Crippen LogP contribution in [0.2, 0.25) is 0 Å². The Labute approximate surface area is 87.9 Å². The van der Waals surface area contributed by atoms with Crippen LogP contribution in [0.15, 0.2) is 34.9 Å². The minimum Gasteiger partial charge on any atom is -0.429 e. The normalized spacial score (nSPS) is 15.5. The highest BCUT2D eigenvalue weighted by atomic mass is 16.4. The van der Waals surface area contributed by atoms with Gasteiger partial charge in [-0.25, -0.2) is 4.98 Å². The van der Waals surface area contributed by atoms with Crippen molar-refractivity contribution in [3.63, 3.8) is 0 Å². The summed E-state index contributed by atoms with van der Waals surface area (Å²) in [5.74, 6) is 1.32. The molecular formula is C12H12N2O. The molecule has 76 valence electrons. The van der Waals surface area contributed by atoms with Crippen molar-refractivity contribution in [1.82, 2.24) is 4.98 Å². The van der Waals surface area contributed by atoms with Gasteiger partial charge in [-0.3, -0.25) is 0 Å². The second-order valence-electron chi connectivity index (χ2n) is 3.97. The Morgan fingerprint density at radius 1 is 1.20 bits per heavy atom. The highest BCUT2D eigenvalue weighted by molar-refractivity contribution is 5.35. The topological polar surface area (TPSA) is 52.0 Å². The van der Waals surface area contributed by atoms with Crippen molar-refractivity contribution in [1.29, 1.82) is 0 Å². The molecule has 0 radical (unpaired) electrons. The van der Waals surface area contributed by atoms with E-state index in [0.717, 1.165) is 18.6 Å². The molecule has 0 saturated heterocycles. The molecule has 2 N–H and O–H groups in total. The zero-order valence-electron chi connectivity index (χ0n) is 8.31. The summed E-state index contributed by atoms with van der Waals surface area (Å²) in [4.78, 5) is 3.94. The lowest BCUT2D eigenvalue weighted by atomic mass is 10.0. The van der Waals surface area contributed by atoms with E-state index < -0.39 is 0 Å². The van der Waals surface area contributed by atoms with Crippen LogP contribution in [0.5, 0.6) is 0 Å². The summed E-state index contributed by atoms with van der Waals surface area (Å²) in [5.41, 5.74) is 8.30. The molecule has 1 heterocycles. The molecular weight excluding hydrogens is 188 g/mol. The van der Waals surface area contributed by atoms with Gasteiger partial charge in [0, 0.05) is 5.92 Å². The third-order valence-electron chi connectivity index (χ3n) is 2.99. The van der Waals surface area contributed by atoms with E-state index in [1.807, 2.05) is 0 Å². The first kappa shape index (κ1) is 8.53. The summed E-state index contributed by atoms with van der Waals surface area (Å²) in [6.45, 7) is 0. The maximum atomic E-state index is 5.47. The monoisotopic (exact) mass is 200 g/mol. The number of nitrogen functional groups attached to an aromatic ring is 1. The van der Waals surface area contributed by atoms with E-state index >= 15 is 0 Å². The minimum atomic E-state index is 0.265. The molecule has 3 nitrogen and oxygen atoms in total. The van der Waals surface area contributed by atoms with Gasteiger partial charge in [0.15, 0.2) is 0 Å². The van der Waals surface area contributed by atoms with Gasteiger partial charge < -0.3 is 10.2 Å². The van der Waals surface area contributed by atoms with Gasteiger partial charge >= 0.3 is 0 Å². The second kappa shape index (κ2) is 3.12. The van der Waals surface area contributed by atoms with Crippen LogP contribution < -0.4 is 5.73 Å². The van der Waals surface area contributed by atoms with Gasteiger partial charge in [0.2, 0.25) is 0 Å². The number of hydrogen-bond acceptors (Lipinski definition) is 3. The lowest BCUT2D eigenvalue weighted by Crippen LogP contribution is -1.95. The average Bonchev–Trinajstić information content (AvgIpc) is 2.82. The largest absolute Gasteiger partial charge is 0.429 e. The molecule has 0 spiro atoms. The van der Waals surface area contributed by atoms with Gasteiger partial charge in [-0.05, 0) is 24.0 Å². The molecule has 1 aliphatic carbocycles. The predicted octanol–water partition coefficient (Wildman–Crippen LogP) is 2.14. The zero-order valence-corrected chi connectivity index (χ0v) is 8.31. The lowest BCUT2D eigenvalue weighted by Gasteiger charge is -2.02. The number of nitrogens with two attached hydrogens (primary N) is 1. The van der Waals surface area contributed by atoms with Crippen LogP contribution in [0, 0.1) is 0 Å². The first-order valence-corrected chi connectivity index (χ1v) is 5.11. The van der Waals surface area contributed by atoms with Crippen molar-refractivity contribution in [2.24, 2.45) is 0 Å². The van der Waals surface area contributed by atoms with Crippen LogP contribution >= 0.6 is 0 Å². The molecule has 1 aromatic heterocycles. The maximum absolute atomic E-state index is 5.47. The van der Waals surface area contributed by atoms with Crippen LogP contribution in [0.25, 0.3) is 0 Å². The van der Waals surface area contributed by atoms with E-state index in [1.54, 1.807) is 6.20 Å². The van der Waals surface area contributed by atoms with E-state index in [2.05, 4.69) is 29.2 Å². The molecule has 0 bridgehead atoms. The number of benzene rings is 1. The Morgan fingerprint density at radius 2 is 1.87 bits per heavy atom. The fourth-order valence-electron chi connectivity index (χ4n) is 2.25. The van der Waals surface area contributed by atoms with Gasteiger partial charge in [-0.2, -0.15) is 0 Å². The number of aromatic nitrogens is 1. The molecule has 15 heavy (non-hydrogen) atoms. The van der Waals surface area contributed by atoms with E-state index in [4.69, 9.17) is 10.2 Å². The summed E-state index contributed by atoms with van der Waals surface area (Å²) in [5, 5.41) is 0. The Balaban J connectivity index is 1.90. The average molecular weight is 200 g/mol. The van der Waals surface area contributed by atoms with Crippen molar-refractivity contribution < 1.29 is 4.42 Å². The van der Waals surface area contributed by atoms with Crippen molar-refractivity contribution in [2.45, 2.75) is 18.8 Å². The third-order valence-corrected chi connectivity index (χ3v) is 2.99. The van der Waals surface area contributed by atoms with Crippen LogP contribution in [0.4, 0.5) is 6.01 Å². The predicted molar refractivity (Wildman–Crippen MR) is 57.5 cm³/mol. The van der Waals surface area contributed by atoms with E-state index in [-0.39, 0.29) is 6.01 Å². The second-order valence-corrected chi connectivity index (χ2v) is 3.97. The van der Waals surface area contributed by atoms with Crippen molar-refractivity contribution in [2.75, 3.05) is 5.73 Å². The lowest BCUT2D eigenvalue weighted by molar-refractivity contribution is 0.479. The molecule has 0 atom stereocenters. The smallest absolute Gasteiger partial charge is 0.292 e. The Morgan fingerprint density at radius 3 is 2.40 bits per heavy atom. The Hall–Kier alpha value is -1.77. The first-order chi connectivity index (χ1) is 7.33. The number of anilines is 1. The van der Waals surface area contributed by atoms with Gasteiger partial charge in [0.05, 0.1) is 6.20 Å². The van der Waals surface area contributed by atoms with Crippen molar-refractivity contribution >= 4 is 6.01 Å². The highest BCUT2D eigenvalue weighted by Crippen LogP contribution is 2.34. The standard InChI is InChI=1S/C12H12N2O/c13-12-14-7-11(15-12)10-5-8-3-1-2-4-9(8)6-10/h1-4,7,10H,5-6H2,(H2,13,14). The molecule has 0 unspecified atom stereocenters. The molecule has 1 aromatic carbocycles. The molecule has 0 fully saturated rings. The molecule has 1 aliphatic rings. The highest BCUT2D eigenvalue weighted by Gasteiger charge is 2.25. The summed E-state index contributed by atoms with van der Waals surface area (Å²) in [7, 11) is 0. The molecule has 2 aromatic rings. The van der Waals surface area contributed by atoms with E-state index in [1.165, 1.54) is 11.1 Å². The molecule has 0 amide bonds. The van der Waals surface area contributed by atoms with Gasteiger partial charge in [0.25, 0.3) is 6.01 Å². The van der Waals surface area contributed by atoms with Gasteiger partial charge in [0.1, 0.15) is 5.76 Å². The summed E-state index contributed by atoms with van der Waals surface area (Å²) < 4.78 is 5.37.